The first-order valence-corrected chi connectivity index (χ1v) is 9.25. The summed E-state index contributed by atoms with van der Waals surface area (Å²) in [4.78, 5) is 4.50. The minimum absolute atomic E-state index is 0.221. The van der Waals surface area contributed by atoms with Crippen molar-refractivity contribution < 1.29 is 9.13 Å². The fourth-order valence-electron chi connectivity index (χ4n) is 2.86. The summed E-state index contributed by atoms with van der Waals surface area (Å²) in [5, 5.41) is 3.78. The molecule has 2 aromatic carbocycles. The molecular formula is C20H24FN3OS. The number of nitrogens with one attached hydrogen (secondary N) is 1. The standard InChI is InChI=1S/C20H24FN3OS/c1-16-7-8-17(15-19(16)21)22-20(26)24-11-9-23(10-12-24)13-14-25-18-5-3-2-4-6-18/h2-8,15H,9-14H2,1H3,(H,22,26). The zero-order valence-electron chi connectivity index (χ0n) is 15.0. The van der Waals surface area contributed by atoms with Crippen LogP contribution in [0.25, 0.3) is 0 Å². The fraction of sp³-hybridized carbons (Fsp3) is 0.350. The van der Waals surface area contributed by atoms with Crippen LogP contribution < -0.4 is 10.1 Å². The van der Waals surface area contributed by atoms with E-state index in [2.05, 4.69) is 15.1 Å². The number of halogens is 1. The Morgan fingerprint density at radius 3 is 2.54 bits per heavy atom. The van der Waals surface area contributed by atoms with Crippen LogP contribution in [0.3, 0.4) is 0 Å². The number of piperazine rings is 1. The molecule has 1 heterocycles. The molecule has 0 radical (unpaired) electrons. The molecule has 138 valence electrons. The van der Waals surface area contributed by atoms with Gasteiger partial charge in [-0.3, -0.25) is 4.90 Å². The Kier molecular flexibility index (Phi) is 6.41. The van der Waals surface area contributed by atoms with E-state index in [1.165, 1.54) is 6.07 Å². The minimum atomic E-state index is -0.221. The first-order valence-electron chi connectivity index (χ1n) is 8.84. The van der Waals surface area contributed by atoms with E-state index in [1.54, 1.807) is 13.0 Å². The summed E-state index contributed by atoms with van der Waals surface area (Å²) in [7, 11) is 0. The molecule has 1 fully saturated rings. The lowest BCUT2D eigenvalue weighted by atomic mass is 10.2. The van der Waals surface area contributed by atoms with Crippen molar-refractivity contribution in [1.29, 1.82) is 0 Å². The first-order chi connectivity index (χ1) is 12.6. The van der Waals surface area contributed by atoms with Crippen molar-refractivity contribution >= 4 is 23.0 Å². The highest BCUT2D eigenvalue weighted by Gasteiger charge is 2.19. The second-order valence-corrected chi connectivity index (χ2v) is 6.77. The zero-order chi connectivity index (χ0) is 18.4. The molecule has 1 aliphatic rings. The molecule has 2 aromatic rings. The van der Waals surface area contributed by atoms with Crippen molar-refractivity contribution in [2.45, 2.75) is 6.92 Å². The Labute approximate surface area is 159 Å². The van der Waals surface area contributed by atoms with Crippen LogP contribution in [0.2, 0.25) is 0 Å². The predicted octanol–water partition coefficient (Wildman–Crippen LogP) is 3.53. The summed E-state index contributed by atoms with van der Waals surface area (Å²) in [6.07, 6.45) is 0. The minimum Gasteiger partial charge on any atom is -0.492 e. The molecule has 0 saturated carbocycles. The Hall–Kier alpha value is -2.18. The van der Waals surface area contributed by atoms with Gasteiger partial charge in [-0.15, -0.1) is 0 Å². The maximum absolute atomic E-state index is 13.6. The highest BCUT2D eigenvalue weighted by Crippen LogP contribution is 2.15. The number of benzene rings is 2. The van der Waals surface area contributed by atoms with Gasteiger partial charge in [0.25, 0.3) is 0 Å². The third-order valence-electron chi connectivity index (χ3n) is 4.50. The normalized spacial score (nSPS) is 14.9. The average molecular weight is 373 g/mol. The highest BCUT2D eigenvalue weighted by molar-refractivity contribution is 7.80. The van der Waals surface area contributed by atoms with Crippen molar-refractivity contribution in [2.75, 3.05) is 44.6 Å². The van der Waals surface area contributed by atoms with Crippen LogP contribution in [0.15, 0.2) is 48.5 Å². The third kappa shape index (κ3) is 5.16. The van der Waals surface area contributed by atoms with Crippen LogP contribution in [-0.4, -0.2) is 54.2 Å². The van der Waals surface area contributed by atoms with Gasteiger partial charge in [-0.1, -0.05) is 24.3 Å². The van der Waals surface area contributed by atoms with E-state index >= 15 is 0 Å². The second-order valence-electron chi connectivity index (χ2n) is 6.38. The van der Waals surface area contributed by atoms with Gasteiger partial charge >= 0.3 is 0 Å². The number of thiocarbonyl (C=S) groups is 1. The van der Waals surface area contributed by atoms with Gasteiger partial charge in [0.1, 0.15) is 18.2 Å². The molecule has 1 N–H and O–H groups in total. The fourth-order valence-corrected chi connectivity index (χ4v) is 3.16. The topological polar surface area (TPSA) is 27.7 Å². The van der Waals surface area contributed by atoms with Crippen molar-refractivity contribution in [3.63, 3.8) is 0 Å². The first kappa shape index (κ1) is 18.6. The molecule has 0 unspecified atom stereocenters. The molecule has 0 spiro atoms. The monoisotopic (exact) mass is 373 g/mol. The molecule has 6 heteroatoms. The summed E-state index contributed by atoms with van der Waals surface area (Å²) in [6, 6.07) is 15.0. The Morgan fingerprint density at radius 2 is 1.85 bits per heavy atom. The summed E-state index contributed by atoms with van der Waals surface area (Å²) in [5.74, 6) is 0.683. The largest absolute Gasteiger partial charge is 0.492 e. The van der Waals surface area contributed by atoms with Crippen LogP contribution in [0, 0.1) is 12.7 Å². The van der Waals surface area contributed by atoms with Crippen LogP contribution in [0.1, 0.15) is 5.56 Å². The van der Waals surface area contributed by atoms with E-state index in [4.69, 9.17) is 17.0 Å². The molecule has 26 heavy (non-hydrogen) atoms. The van der Waals surface area contributed by atoms with Crippen molar-refractivity contribution in [3.8, 4) is 5.75 Å². The highest BCUT2D eigenvalue weighted by atomic mass is 32.1. The van der Waals surface area contributed by atoms with Crippen molar-refractivity contribution in [1.82, 2.24) is 9.80 Å². The second kappa shape index (κ2) is 8.96. The van der Waals surface area contributed by atoms with Crippen LogP contribution in [0.4, 0.5) is 10.1 Å². The number of rotatable bonds is 5. The lowest BCUT2D eigenvalue weighted by Gasteiger charge is -2.36. The maximum atomic E-state index is 13.6. The molecule has 1 saturated heterocycles. The third-order valence-corrected chi connectivity index (χ3v) is 4.86. The molecule has 0 aromatic heterocycles. The van der Waals surface area contributed by atoms with Crippen molar-refractivity contribution in [2.24, 2.45) is 0 Å². The smallest absolute Gasteiger partial charge is 0.173 e. The van der Waals surface area contributed by atoms with Gasteiger partial charge in [0.15, 0.2) is 5.11 Å². The lowest BCUT2D eigenvalue weighted by Crippen LogP contribution is -2.50. The number of nitrogens with zero attached hydrogens (tertiary/aromatic N) is 2. The van der Waals surface area contributed by atoms with Crippen LogP contribution in [-0.2, 0) is 0 Å². The molecule has 0 atom stereocenters. The number of ether oxygens (including phenoxy) is 1. The summed E-state index contributed by atoms with van der Waals surface area (Å²) >= 11 is 5.47. The van der Waals surface area contributed by atoms with Gasteiger partial charge in [-0.25, -0.2) is 4.39 Å². The average Bonchev–Trinajstić information content (AvgIpc) is 2.66. The van der Waals surface area contributed by atoms with E-state index in [-0.39, 0.29) is 5.82 Å². The molecule has 0 bridgehead atoms. The van der Waals surface area contributed by atoms with Gasteiger partial charge in [0, 0.05) is 38.4 Å². The molecule has 0 aliphatic carbocycles. The number of anilines is 1. The Bertz CT molecular complexity index is 733. The van der Waals surface area contributed by atoms with E-state index in [1.807, 2.05) is 36.4 Å². The SMILES string of the molecule is Cc1ccc(NC(=S)N2CCN(CCOc3ccccc3)CC2)cc1F. The van der Waals surface area contributed by atoms with Gasteiger partial charge < -0.3 is 15.0 Å². The zero-order valence-corrected chi connectivity index (χ0v) is 15.8. The Morgan fingerprint density at radius 1 is 1.12 bits per heavy atom. The van der Waals surface area contributed by atoms with Gasteiger partial charge in [0.05, 0.1) is 0 Å². The van der Waals surface area contributed by atoms with Gasteiger partial charge in [-0.05, 0) is 49.0 Å². The quantitative estimate of drug-likeness (QED) is 0.810. The van der Waals surface area contributed by atoms with Crippen molar-refractivity contribution in [3.05, 3.63) is 59.9 Å². The number of hydrogen-bond donors (Lipinski definition) is 1. The van der Waals surface area contributed by atoms with Gasteiger partial charge in [-0.2, -0.15) is 0 Å². The van der Waals surface area contributed by atoms with Crippen LogP contribution >= 0.6 is 12.2 Å². The summed E-state index contributed by atoms with van der Waals surface area (Å²) in [5.41, 5.74) is 1.32. The van der Waals surface area contributed by atoms with Gasteiger partial charge in [0.2, 0.25) is 0 Å². The molecule has 3 rings (SSSR count). The number of aryl methyl sites for hydroxylation is 1. The number of hydrogen-bond acceptors (Lipinski definition) is 3. The molecule has 0 amide bonds. The molecular weight excluding hydrogens is 349 g/mol. The predicted molar refractivity (Wildman–Crippen MR) is 107 cm³/mol. The van der Waals surface area contributed by atoms with E-state index in [0.717, 1.165) is 38.5 Å². The van der Waals surface area contributed by atoms with E-state index in [0.29, 0.717) is 23.0 Å². The summed E-state index contributed by atoms with van der Waals surface area (Å²) in [6.45, 7) is 6.89. The Balaban J connectivity index is 1.40. The summed E-state index contributed by atoms with van der Waals surface area (Å²) < 4.78 is 19.4. The number of para-hydroxylation sites is 1. The van der Waals surface area contributed by atoms with E-state index in [9.17, 15) is 4.39 Å². The van der Waals surface area contributed by atoms with E-state index < -0.39 is 0 Å². The molecule has 4 nitrogen and oxygen atoms in total. The lowest BCUT2D eigenvalue weighted by molar-refractivity contribution is 0.155. The van der Waals surface area contributed by atoms with Crippen LogP contribution in [0.5, 0.6) is 5.75 Å². The maximum Gasteiger partial charge on any atom is 0.173 e. The molecule has 1 aliphatic heterocycles.